The Morgan fingerprint density at radius 3 is 1.27 bits per heavy atom. The van der Waals surface area contributed by atoms with Gasteiger partial charge in [-0.3, -0.25) is 14.4 Å². The van der Waals surface area contributed by atoms with Crippen LogP contribution >= 0.6 is 0 Å². The number of hydrogen-bond acceptors (Lipinski definition) is 5. The van der Waals surface area contributed by atoms with Crippen molar-refractivity contribution in [3.8, 4) is 0 Å². The first kappa shape index (κ1) is 30.6. The van der Waals surface area contributed by atoms with Gasteiger partial charge in [0, 0.05) is 19.3 Å². The van der Waals surface area contributed by atoms with Gasteiger partial charge in [0.05, 0.1) is 12.2 Å². The molecule has 0 bridgehead atoms. The molecule has 0 spiro atoms. The van der Waals surface area contributed by atoms with Crippen molar-refractivity contribution in [1.29, 1.82) is 0 Å². The summed E-state index contributed by atoms with van der Waals surface area (Å²) in [6.07, 6.45) is 13.4. The molecule has 178 valence electrons. The van der Waals surface area contributed by atoms with Gasteiger partial charge in [-0.15, -0.1) is 0 Å². The molecule has 0 heterocycles. The van der Waals surface area contributed by atoms with E-state index in [4.69, 9.17) is 14.6 Å². The van der Waals surface area contributed by atoms with Crippen molar-refractivity contribution in [2.45, 2.75) is 137 Å². The maximum atomic E-state index is 11.1. The first-order chi connectivity index (χ1) is 14.2. The number of carbonyl (C=O) groups is 3. The highest BCUT2D eigenvalue weighted by atomic mass is 16.5. The molecule has 30 heavy (non-hydrogen) atoms. The van der Waals surface area contributed by atoms with E-state index in [-0.39, 0.29) is 24.1 Å². The van der Waals surface area contributed by atoms with E-state index in [1.807, 2.05) is 27.7 Å². The monoisotopic (exact) mass is 430 g/mol. The maximum absolute atomic E-state index is 11.1. The molecule has 0 aliphatic heterocycles. The van der Waals surface area contributed by atoms with Crippen molar-refractivity contribution in [2.24, 2.45) is 0 Å². The van der Waals surface area contributed by atoms with E-state index in [1.165, 1.54) is 44.9 Å². The Morgan fingerprint density at radius 1 is 0.600 bits per heavy atom. The Kier molecular flexibility index (Phi) is 22.5. The Morgan fingerprint density at radius 2 is 0.933 bits per heavy atom. The van der Waals surface area contributed by atoms with E-state index >= 15 is 0 Å². The lowest BCUT2D eigenvalue weighted by atomic mass is 10.1. The van der Waals surface area contributed by atoms with Gasteiger partial charge in [-0.2, -0.15) is 0 Å². The molecule has 0 aromatic heterocycles. The SMILES string of the molecule is CC(C)OC(=O)CCCCC(=O)OC(C)C.CCCCCCCCCCCC(=O)O. The summed E-state index contributed by atoms with van der Waals surface area (Å²) in [6, 6.07) is 0. The fraction of sp³-hybridized carbons (Fsp3) is 0.875. The molecule has 0 unspecified atom stereocenters. The topological polar surface area (TPSA) is 89.9 Å². The third-order valence-corrected chi connectivity index (χ3v) is 4.24. The second kappa shape index (κ2) is 22.1. The molecule has 1 N–H and O–H groups in total. The van der Waals surface area contributed by atoms with Crippen molar-refractivity contribution >= 4 is 17.9 Å². The number of ether oxygens (including phenoxy) is 2. The van der Waals surface area contributed by atoms with Crippen molar-refractivity contribution in [1.82, 2.24) is 0 Å². The number of carbonyl (C=O) groups excluding carboxylic acids is 2. The minimum atomic E-state index is -0.659. The number of hydrogen-bond donors (Lipinski definition) is 1. The smallest absolute Gasteiger partial charge is 0.306 e. The standard InChI is InChI=1S/C12H22O4.C12H24O2/c1-9(2)15-11(13)7-5-6-8-12(14)16-10(3)4;1-2-3-4-5-6-7-8-9-10-11-12(13)14/h9-10H,5-8H2,1-4H3;2-11H2,1H3,(H,13,14). The van der Waals surface area contributed by atoms with Crippen LogP contribution in [0.1, 0.15) is 125 Å². The molecule has 0 amide bonds. The number of carboxylic acid groups (broad SMARTS) is 1. The maximum Gasteiger partial charge on any atom is 0.306 e. The van der Waals surface area contributed by atoms with Crippen LogP contribution in [0.2, 0.25) is 0 Å². The average Bonchev–Trinajstić information content (AvgIpc) is 2.63. The lowest BCUT2D eigenvalue weighted by Crippen LogP contribution is -2.12. The lowest BCUT2D eigenvalue weighted by Gasteiger charge is -2.08. The van der Waals surface area contributed by atoms with Gasteiger partial charge in [0.15, 0.2) is 0 Å². The number of carboxylic acids is 1. The summed E-state index contributed by atoms with van der Waals surface area (Å²) in [7, 11) is 0. The van der Waals surface area contributed by atoms with Gasteiger partial charge in [-0.25, -0.2) is 0 Å². The first-order valence-corrected chi connectivity index (χ1v) is 11.8. The largest absolute Gasteiger partial charge is 0.481 e. The number of esters is 2. The third kappa shape index (κ3) is 28.6. The minimum Gasteiger partial charge on any atom is -0.481 e. The Labute approximate surface area is 184 Å². The molecule has 0 aliphatic rings. The molecule has 0 aromatic rings. The molecule has 0 saturated heterocycles. The second-order valence-electron chi connectivity index (χ2n) is 8.26. The zero-order valence-corrected chi connectivity index (χ0v) is 20.0. The predicted molar refractivity (Wildman–Crippen MR) is 120 cm³/mol. The van der Waals surface area contributed by atoms with Gasteiger partial charge in [0.25, 0.3) is 0 Å². The van der Waals surface area contributed by atoms with Gasteiger partial charge in [-0.05, 0) is 47.0 Å². The summed E-state index contributed by atoms with van der Waals surface area (Å²) >= 11 is 0. The lowest BCUT2D eigenvalue weighted by molar-refractivity contribution is -0.149. The van der Waals surface area contributed by atoms with Crippen LogP contribution in [-0.2, 0) is 23.9 Å². The van der Waals surface area contributed by atoms with Crippen LogP contribution in [0, 0.1) is 0 Å². The van der Waals surface area contributed by atoms with E-state index < -0.39 is 5.97 Å². The van der Waals surface area contributed by atoms with Gasteiger partial charge < -0.3 is 14.6 Å². The molecule has 6 nitrogen and oxygen atoms in total. The molecule has 0 atom stereocenters. The van der Waals surface area contributed by atoms with Gasteiger partial charge in [0.1, 0.15) is 0 Å². The summed E-state index contributed by atoms with van der Waals surface area (Å²) in [5.74, 6) is -1.06. The number of unbranched alkanes of at least 4 members (excludes halogenated alkanes) is 9. The minimum absolute atomic E-state index is 0.0709. The van der Waals surface area contributed by atoms with Gasteiger partial charge in [-0.1, -0.05) is 58.3 Å². The molecule has 0 aliphatic carbocycles. The van der Waals surface area contributed by atoms with Crippen LogP contribution in [-0.4, -0.2) is 35.2 Å². The summed E-state index contributed by atoms with van der Waals surface area (Å²) in [6.45, 7) is 9.50. The number of aliphatic carboxylic acids is 1. The summed E-state index contributed by atoms with van der Waals surface area (Å²) < 4.78 is 9.93. The zero-order valence-electron chi connectivity index (χ0n) is 20.0. The predicted octanol–water partition coefficient (Wildman–Crippen LogP) is 6.44. The van der Waals surface area contributed by atoms with E-state index in [9.17, 15) is 14.4 Å². The highest BCUT2D eigenvalue weighted by Crippen LogP contribution is 2.10. The quantitative estimate of drug-likeness (QED) is 0.211. The zero-order chi connectivity index (χ0) is 23.2. The van der Waals surface area contributed by atoms with Crippen LogP contribution in [0.5, 0.6) is 0 Å². The van der Waals surface area contributed by atoms with Crippen LogP contribution < -0.4 is 0 Å². The van der Waals surface area contributed by atoms with E-state index in [1.54, 1.807) is 0 Å². The van der Waals surface area contributed by atoms with Crippen LogP contribution in [0.3, 0.4) is 0 Å². The van der Waals surface area contributed by atoms with Crippen molar-refractivity contribution in [3.63, 3.8) is 0 Å². The van der Waals surface area contributed by atoms with Crippen molar-refractivity contribution in [2.75, 3.05) is 0 Å². The van der Waals surface area contributed by atoms with Crippen LogP contribution in [0.25, 0.3) is 0 Å². The molecular formula is C24H46O6. The van der Waals surface area contributed by atoms with Crippen molar-refractivity contribution in [3.05, 3.63) is 0 Å². The number of rotatable bonds is 17. The van der Waals surface area contributed by atoms with E-state index in [0.29, 0.717) is 32.1 Å². The van der Waals surface area contributed by atoms with E-state index in [0.717, 1.165) is 12.8 Å². The Bertz CT molecular complexity index is 407. The molecule has 0 rings (SSSR count). The summed E-state index contributed by atoms with van der Waals surface area (Å²) in [4.78, 5) is 32.5. The Balaban J connectivity index is 0. The molecule has 6 heteroatoms. The molecule has 0 radical (unpaired) electrons. The second-order valence-corrected chi connectivity index (χ2v) is 8.26. The van der Waals surface area contributed by atoms with Crippen LogP contribution in [0.15, 0.2) is 0 Å². The summed E-state index contributed by atoms with van der Waals surface area (Å²) in [5, 5.41) is 8.41. The normalized spacial score (nSPS) is 10.5. The fourth-order valence-electron chi connectivity index (χ4n) is 2.77. The molecule has 0 fully saturated rings. The average molecular weight is 431 g/mol. The highest BCUT2D eigenvalue weighted by molar-refractivity contribution is 5.70. The van der Waals surface area contributed by atoms with Crippen molar-refractivity contribution < 1.29 is 29.0 Å². The fourth-order valence-corrected chi connectivity index (χ4v) is 2.77. The third-order valence-electron chi connectivity index (χ3n) is 4.24. The van der Waals surface area contributed by atoms with Gasteiger partial charge >= 0.3 is 17.9 Å². The molecule has 0 saturated carbocycles. The molecular weight excluding hydrogens is 384 g/mol. The van der Waals surface area contributed by atoms with E-state index in [2.05, 4.69) is 6.92 Å². The first-order valence-electron chi connectivity index (χ1n) is 11.8. The van der Waals surface area contributed by atoms with Gasteiger partial charge in [0.2, 0.25) is 0 Å². The molecule has 0 aromatic carbocycles. The highest BCUT2D eigenvalue weighted by Gasteiger charge is 2.08. The Hall–Kier alpha value is -1.59. The van der Waals surface area contributed by atoms with Crippen LogP contribution in [0.4, 0.5) is 0 Å². The summed E-state index contributed by atoms with van der Waals surface area (Å²) in [5.41, 5.74) is 0.